The Morgan fingerprint density at radius 2 is 1.00 bits per heavy atom. The van der Waals surface area contributed by atoms with Crippen molar-refractivity contribution in [1.29, 1.82) is 0 Å². The minimum Gasteiger partial charge on any atom is -0.288 e. The molecule has 25 heavy (non-hydrogen) atoms. The van der Waals surface area contributed by atoms with Crippen molar-refractivity contribution < 1.29 is 9.59 Å². The summed E-state index contributed by atoms with van der Waals surface area (Å²) in [4.78, 5) is 25.6. The van der Waals surface area contributed by atoms with Crippen molar-refractivity contribution in [3.05, 3.63) is 106 Å². The van der Waals surface area contributed by atoms with Gasteiger partial charge in [-0.1, -0.05) is 72.8 Å². The number of allylic oxidation sites excluding steroid dienone is 2. The molecule has 0 atom stereocenters. The molecule has 0 aliphatic heterocycles. The van der Waals surface area contributed by atoms with Crippen LogP contribution in [0.15, 0.2) is 84.9 Å². The van der Waals surface area contributed by atoms with E-state index in [4.69, 9.17) is 0 Å². The molecule has 0 spiro atoms. The van der Waals surface area contributed by atoms with Gasteiger partial charge in [0.15, 0.2) is 11.6 Å². The van der Waals surface area contributed by atoms with Gasteiger partial charge in [-0.25, -0.2) is 0 Å². The summed E-state index contributed by atoms with van der Waals surface area (Å²) in [6.45, 7) is 0. The third-order valence-electron chi connectivity index (χ3n) is 3.55. The Kier molecular flexibility index (Phi) is 5.50. The van der Waals surface area contributed by atoms with Crippen LogP contribution >= 0.6 is 11.3 Å². The molecular formula is C22H16O2S. The van der Waals surface area contributed by atoms with E-state index in [1.54, 1.807) is 24.3 Å². The number of carbonyl (C=O) groups is 2. The van der Waals surface area contributed by atoms with E-state index in [1.807, 2.05) is 60.7 Å². The number of thiophene rings is 1. The molecule has 2 aromatic carbocycles. The summed E-state index contributed by atoms with van der Waals surface area (Å²) in [5, 5.41) is 0. The predicted octanol–water partition coefficient (Wildman–Crippen LogP) is 5.54. The van der Waals surface area contributed by atoms with Crippen LogP contribution in [0.2, 0.25) is 0 Å². The maximum atomic E-state index is 12.2. The van der Waals surface area contributed by atoms with E-state index in [2.05, 4.69) is 0 Å². The molecule has 0 saturated carbocycles. The van der Waals surface area contributed by atoms with Gasteiger partial charge in [0.1, 0.15) is 0 Å². The lowest BCUT2D eigenvalue weighted by Gasteiger charge is -1.92. The highest BCUT2D eigenvalue weighted by atomic mass is 32.1. The van der Waals surface area contributed by atoms with Gasteiger partial charge in [0.2, 0.25) is 0 Å². The van der Waals surface area contributed by atoms with Gasteiger partial charge in [0.05, 0.1) is 9.75 Å². The van der Waals surface area contributed by atoms with Crippen molar-refractivity contribution in [2.24, 2.45) is 0 Å². The van der Waals surface area contributed by atoms with Crippen molar-refractivity contribution in [2.45, 2.75) is 0 Å². The standard InChI is InChI=1S/C22H16O2S/c23-19(13-11-17-7-3-1-4-8-17)21-15-16-22(25-21)20(24)14-12-18-9-5-2-6-10-18/h1-16H. The zero-order valence-electron chi connectivity index (χ0n) is 13.5. The topological polar surface area (TPSA) is 34.1 Å². The Morgan fingerprint density at radius 1 is 0.600 bits per heavy atom. The molecule has 3 heteroatoms. The highest BCUT2D eigenvalue weighted by Gasteiger charge is 2.10. The van der Waals surface area contributed by atoms with E-state index < -0.39 is 0 Å². The second-order valence-electron chi connectivity index (χ2n) is 5.38. The number of hydrogen-bond acceptors (Lipinski definition) is 3. The van der Waals surface area contributed by atoms with Gasteiger partial charge in [-0.15, -0.1) is 11.3 Å². The molecule has 0 bridgehead atoms. The molecule has 0 unspecified atom stereocenters. The van der Waals surface area contributed by atoms with E-state index in [1.165, 1.54) is 23.5 Å². The summed E-state index contributed by atoms with van der Waals surface area (Å²) in [6, 6.07) is 22.7. The number of rotatable bonds is 6. The summed E-state index contributed by atoms with van der Waals surface area (Å²) in [6.07, 6.45) is 6.63. The first-order valence-corrected chi connectivity index (χ1v) is 8.69. The molecule has 0 radical (unpaired) electrons. The highest BCUT2D eigenvalue weighted by Crippen LogP contribution is 2.19. The lowest BCUT2D eigenvalue weighted by molar-refractivity contribution is 0.104. The number of hydrogen-bond donors (Lipinski definition) is 0. The molecule has 0 amide bonds. The fourth-order valence-electron chi connectivity index (χ4n) is 2.24. The lowest BCUT2D eigenvalue weighted by atomic mass is 10.2. The summed E-state index contributed by atoms with van der Waals surface area (Å²) in [5.74, 6) is -0.195. The van der Waals surface area contributed by atoms with Crippen molar-refractivity contribution >= 4 is 35.1 Å². The zero-order valence-corrected chi connectivity index (χ0v) is 14.3. The van der Waals surface area contributed by atoms with Crippen LogP contribution in [0, 0.1) is 0 Å². The van der Waals surface area contributed by atoms with Crippen LogP contribution in [0.4, 0.5) is 0 Å². The summed E-state index contributed by atoms with van der Waals surface area (Å²) >= 11 is 1.22. The number of ketones is 2. The second kappa shape index (κ2) is 8.18. The average molecular weight is 344 g/mol. The minimum absolute atomic E-state index is 0.0973. The third kappa shape index (κ3) is 4.72. The minimum atomic E-state index is -0.0973. The van der Waals surface area contributed by atoms with Crippen molar-refractivity contribution in [3.63, 3.8) is 0 Å². The van der Waals surface area contributed by atoms with Crippen LogP contribution < -0.4 is 0 Å². The molecule has 3 rings (SSSR count). The predicted molar refractivity (Wildman–Crippen MR) is 104 cm³/mol. The molecule has 3 aromatic rings. The largest absolute Gasteiger partial charge is 0.288 e. The second-order valence-corrected chi connectivity index (χ2v) is 6.46. The molecule has 1 heterocycles. The molecule has 122 valence electrons. The Balaban J connectivity index is 1.67. The van der Waals surface area contributed by atoms with Crippen LogP contribution in [0.25, 0.3) is 12.2 Å². The molecule has 0 aliphatic rings. The smallest absolute Gasteiger partial charge is 0.195 e. The Bertz CT molecular complexity index is 843. The van der Waals surface area contributed by atoms with E-state index in [9.17, 15) is 9.59 Å². The first kappa shape index (κ1) is 16.8. The molecule has 0 aliphatic carbocycles. The maximum absolute atomic E-state index is 12.2. The first-order chi connectivity index (χ1) is 12.2. The van der Waals surface area contributed by atoms with Gasteiger partial charge in [0, 0.05) is 0 Å². The van der Waals surface area contributed by atoms with E-state index >= 15 is 0 Å². The summed E-state index contributed by atoms with van der Waals surface area (Å²) in [7, 11) is 0. The third-order valence-corrected chi connectivity index (χ3v) is 4.66. The van der Waals surface area contributed by atoms with Crippen molar-refractivity contribution in [1.82, 2.24) is 0 Å². The zero-order chi connectivity index (χ0) is 17.5. The van der Waals surface area contributed by atoms with Gasteiger partial charge in [-0.3, -0.25) is 9.59 Å². The Morgan fingerprint density at radius 3 is 1.40 bits per heavy atom. The van der Waals surface area contributed by atoms with Crippen molar-refractivity contribution in [2.75, 3.05) is 0 Å². The summed E-state index contributed by atoms with van der Waals surface area (Å²) < 4.78 is 0. The van der Waals surface area contributed by atoms with Crippen LogP contribution in [0.1, 0.15) is 30.5 Å². The molecule has 0 fully saturated rings. The van der Waals surface area contributed by atoms with Crippen LogP contribution in [0.5, 0.6) is 0 Å². The van der Waals surface area contributed by atoms with Gasteiger partial charge >= 0.3 is 0 Å². The SMILES string of the molecule is O=C(C=Cc1ccccc1)c1ccc(C(=O)C=Cc2ccccc2)s1. The fraction of sp³-hybridized carbons (Fsp3) is 0. The lowest BCUT2D eigenvalue weighted by Crippen LogP contribution is -1.90. The molecule has 0 saturated heterocycles. The van der Waals surface area contributed by atoms with E-state index in [0.29, 0.717) is 9.75 Å². The highest BCUT2D eigenvalue weighted by molar-refractivity contribution is 7.16. The quantitative estimate of drug-likeness (QED) is 0.434. The molecule has 1 aromatic heterocycles. The van der Waals surface area contributed by atoms with Gasteiger partial charge in [0.25, 0.3) is 0 Å². The normalized spacial score (nSPS) is 11.2. The van der Waals surface area contributed by atoms with Crippen LogP contribution in [0.3, 0.4) is 0 Å². The molecule has 0 N–H and O–H groups in total. The van der Waals surface area contributed by atoms with Crippen LogP contribution in [-0.4, -0.2) is 11.6 Å². The van der Waals surface area contributed by atoms with Gasteiger partial charge < -0.3 is 0 Å². The Labute approximate surface area is 150 Å². The van der Waals surface area contributed by atoms with Gasteiger partial charge in [-0.05, 0) is 35.4 Å². The van der Waals surface area contributed by atoms with Gasteiger partial charge in [-0.2, -0.15) is 0 Å². The van der Waals surface area contributed by atoms with E-state index in [0.717, 1.165) is 11.1 Å². The van der Waals surface area contributed by atoms with Crippen LogP contribution in [-0.2, 0) is 0 Å². The van der Waals surface area contributed by atoms with E-state index in [-0.39, 0.29) is 11.6 Å². The molecule has 2 nitrogen and oxygen atoms in total. The maximum Gasteiger partial charge on any atom is 0.195 e. The Hall–Kier alpha value is -3.04. The van der Waals surface area contributed by atoms with Crippen molar-refractivity contribution in [3.8, 4) is 0 Å². The number of carbonyl (C=O) groups excluding carboxylic acids is 2. The first-order valence-electron chi connectivity index (χ1n) is 7.87. The monoisotopic (exact) mass is 344 g/mol. The average Bonchev–Trinajstić information content (AvgIpc) is 3.16. The summed E-state index contributed by atoms with van der Waals surface area (Å²) in [5.41, 5.74) is 1.93. The fourth-order valence-corrected chi connectivity index (χ4v) is 3.09. The number of benzene rings is 2. The molecular weight excluding hydrogens is 328 g/mol.